The maximum atomic E-state index is 12.9. The minimum absolute atomic E-state index is 0.0915. The molecule has 1 aliphatic heterocycles. The largest absolute Gasteiger partial charge is 0.368 e. The Morgan fingerprint density at radius 2 is 1.79 bits per heavy atom. The number of piperazine rings is 1. The van der Waals surface area contributed by atoms with Crippen LogP contribution in [0.25, 0.3) is 10.1 Å². The molecule has 1 N–H and O–H groups in total. The molecule has 1 saturated heterocycles. The van der Waals surface area contributed by atoms with Crippen molar-refractivity contribution >= 4 is 44.7 Å². The Hall–Kier alpha value is -2.71. The molecule has 8 heteroatoms. The van der Waals surface area contributed by atoms with Crippen LogP contribution in [-0.2, 0) is 0 Å². The lowest BCUT2D eigenvalue weighted by atomic mass is 9.94. The summed E-state index contributed by atoms with van der Waals surface area (Å²) in [5.74, 6) is 2.09. The van der Waals surface area contributed by atoms with E-state index in [1.54, 1.807) is 16.2 Å². The summed E-state index contributed by atoms with van der Waals surface area (Å²) in [4.78, 5) is 29.5. The zero-order valence-corrected chi connectivity index (χ0v) is 20.5. The number of pyridine rings is 2. The fourth-order valence-corrected chi connectivity index (χ4v) is 6.18. The van der Waals surface area contributed by atoms with E-state index in [1.807, 2.05) is 32.6 Å². The number of nitrogens with one attached hydrogen (secondary N) is 1. The van der Waals surface area contributed by atoms with Gasteiger partial charge in [-0.3, -0.25) is 4.79 Å². The molecule has 0 spiro atoms. The fourth-order valence-electron chi connectivity index (χ4n) is 4.91. The molecule has 1 saturated carbocycles. The molecule has 4 heterocycles. The molecule has 0 unspecified atom stereocenters. The predicted molar refractivity (Wildman–Crippen MR) is 136 cm³/mol. The monoisotopic (exact) mass is 464 g/mol. The molecular weight excluding hydrogens is 432 g/mol. The summed E-state index contributed by atoms with van der Waals surface area (Å²) >= 11 is 1.57. The van der Waals surface area contributed by atoms with Crippen LogP contribution in [0.4, 0.5) is 17.3 Å². The number of amides is 1. The molecule has 1 amide bonds. The molecule has 0 bridgehead atoms. The maximum absolute atomic E-state index is 12.9. The number of aromatic nitrogens is 2. The van der Waals surface area contributed by atoms with Crippen molar-refractivity contribution in [2.24, 2.45) is 0 Å². The maximum Gasteiger partial charge on any atom is 0.263 e. The molecule has 2 fully saturated rings. The smallest absolute Gasteiger partial charge is 0.263 e. The molecule has 2 aliphatic rings. The van der Waals surface area contributed by atoms with E-state index in [2.05, 4.69) is 44.3 Å². The van der Waals surface area contributed by atoms with Crippen molar-refractivity contribution in [3.63, 3.8) is 0 Å². The number of carbonyl (C=O) groups excluding carboxylic acids is 1. The molecule has 0 radical (unpaired) electrons. The minimum Gasteiger partial charge on any atom is -0.368 e. The average molecular weight is 465 g/mol. The number of anilines is 3. The van der Waals surface area contributed by atoms with E-state index in [0.717, 1.165) is 71.3 Å². The zero-order valence-electron chi connectivity index (χ0n) is 19.7. The normalized spacial score (nSPS) is 17.6. The second-order valence-electron chi connectivity index (χ2n) is 9.41. The lowest BCUT2D eigenvalue weighted by Gasteiger charge is -2.33. The number of nitrogens with zero attached hydrogens (tertiary/aromatic N) is 5. The summed E-state index contributed by atoms with van der Waals surface area (Å²) in [5.41, 5.74) is 2.38. The van der Waals surface area contributed by atoms with Gasteiger partial charge >= 0.3 is 0 Å². The lowest BCUT2D eigenvalue weighted by molar-refractivity contribution is 0.0831. The van der Waals surface area contributed by atoms with Crippen molar-refractivity contribution in [1.82, 2.24) is 19.8 Å². The molecule has 174 valence electrons. The predicted octanol–water partition coefficient (Wildman–Crippen LogP) is 4.55. The van der Waals surface area contributed by atoms with Gasteiger partial charge in [0, 0.05) is 51.9 Å². The Labute approximate surface area is 199 Å². The van der Waals surface area contributed by atoms with Gasteiger partial charge in [-0.25, -0.2) is 9.97 Å². The van der Waals surface area contributed by atoms with Crippen LogP contribution in [0.5, 0.6) is 0 Å². The highest BCUT2D eigenvalue weighted by atomic mass is 32.1. The van der Waals surface area contributed by atoms with Crippen LogP contribution in [0.15, 0.2) is 30.6 Å². The summed E-state index contributed by atoms with van der Waals surface area (Å²) in [6, 6.07) is 6.25. The highest BCUT2D eigenvalue weighted by Gasteiger charge is 2.28. The summed E-state index contributed by atoms with van der Waals surface area (Å²) in [6.45, 7) is 4.21. The van der Waals surface area contributed by atoms with Crippen LogP contribution < -0.4 is 10.2 Å². The molecule has 33 heavy (non-hydrogen) atoms. The van der Waals surface area contributed by atoms with Gasteiger partial charge in [0.25, 0.3) is 5.91 Å². The Kier molecular flexibility index (Phi) is 6.21. The topological polar surface area (TPSA) is 64.6 Å². The molecule has 3 aromatic rings. The van der Waals surface area contributed by atoms with E-state index in [0.29, 0.717) is 5.92 Å². The number of hydrogen-bond donors (Lipinski definition) is 1. The third kappa shape index (κ3) is 4.54. The van der Waals surface area contributed by atoms with Crippen molar-refractivity contribution in [3.05, 3.63) is 41.0 Å². The van der Waals surface area contributed by atoms with Gasteiger partial charge in [-0.05, 0) is 49.6 Å². The molecular formula is C25H32N6OS. The first-order chi connectivity index (χ1) is 16.0. The van der Waals surface area contributed by atoms with Gasteiger partial charge in [0.1, 0.15) is 11.6 Å². The number of thiophene rings is 1. The van der Waals surface area contributed by atoms with Gasteiger partial charge < -0.3 is 20.0 Å². The Bertz CT molecular complexity index is 1130. The number of rotatable bonds is 5. The van der Waals surface area contributed by atoms with E-state index in [1.165, 1.54) is 18.4 Å². The molecule has 1 aliphatic carbocycles. The van der Waals surface area contributed by atoms with Crippen molar-refractivity contribution < 1.29 is 4.79 Å². The lowest BCUT2D eigenvalue weighted by Crippen LogP contribution is -2.44. The first-order valence-electron chi connectivity index (χ1n) is 11.8. The van der Waals surface area contributed by atoms with Gasteiger partial charge in [0.15, 0.2) is 0 Å². The first kappa shape index (κ1) is 22.1. The Balaban J connectivity index is 1.41. The Morgan fingerprint density at radius 1 is 1.06 bits per heavy atom. The second kappa shape index (κ2) is 9.27. The molecule has 3 aromatic heterocycles. The number of carbonyl (C=O) groups is 1. The van der Waals surface area contributed by atoms with Crippen LogP contribution in [0.2, 0.25) is 0 Å². The molecule has 0 aromatic carbocycles. The summed E-state index contributed by atoms with van der Waals surface area (Å²) in [6.07, 6.45) is 8.61. The highest BCUT2D eigenvalue weighted by molar-refractivity contribution is 7.21. The van der Waals surface area contributed by atoms with E-state index >= 15 is 0 Å². The first-order valence-corrected chi connectivity index (χ1v) is 12.6. The van der Waals surface area contributed by atoms with E-state index < -0.39 is 0 Å². The minimum atomic E-state index is 0.0915. The molecule has 0 atom stereocenters. The number of fused-ring (bicyclic) bond motifs is 1. The zero-order chi connectivity index (χ0) is 22.9. The van der Waals surface area contributed by atoms with E-state index in [-0.39, 0.29) is 5.91 Å². The second-order valence-corrected chi connectivity index (χ2v) is 10.5. The fraction of sp³-hybridized carbons (Fsp3) is 0.480. The van der Waals surface area contributed by atoms with Crippen LogP contribution in [0, 0.1) is 0 Å². The summed E-state index contributed by atoms with van der Waals surface area (Å²) in [7, 11) is 5.82. The third-order valence-corrected chi connectivity index (χ3v) is 7.99. The van der Waals surface area contributed by atoms with Gasteiger partial charge in [-0.15, -0.1) is 11.3 Å². The Morgan fingerprint density at radius 3 is 2.45 bits per heavy atom. The van der Waals surface area contributed by atoms with Crippen molar-refractivity contribution in [3.8, 4) is 0 Å². The van der Waals surface area contributed by atoms with Crippen molar-refractivity contribution in [2.45, 2.75) is 31.6 Å². The third-order valence-electron chi connectivity index (χ3n) is 6.85. The van der Waals surface area contributed by atoms with Crippen LogP contribution in [0.1, 0.15) is 46.8 Å². The van der Waals surface area contributed by atoms with Gasteiger partial charge in [0.05, 0.1) is 21.5 Å². The van der Waals surface area contributed by atoms with Crippen molar-refractivity contribution in [2.75, 3.05) is 57.5 Å². The standard InChI is InChI=1S/C25H32N6OS/c1-29(2)25(32)24-23(17-6-4-5-7-17)19-14-22(27-16-20(19)33-24)28-21-9-8-18(15-26-21)31-12-10-30(3)11-13-31/h8-9,14-17H,4-7,10-13H2,1-3H3,(H,26,27,28). The summed E-state index contributed by atoms with van der Waals surface area (Å²) in [5, 5.41) is 4.53. The van der Waals surface area contributed by atoms with Crippen molar-refractivity contribution in [1.29, 1.82) is 0 Å². The van der Waals surface area contributed by atoms with Crippen LogP contribution in [-0.4, -0.2) is 73.0 Å². The van der Waals surface area contributed by atoms with Gasteiger partial charge in [-0.1, -0.05) is 12.8 Å². The van der Waals surface area contributed by atoms with Crippen LogP contribution in [0.3, 0.4) is 0 Å². The molecule has 7 nitrogen and oxygen atoms in total. The molecule has 5 rings (SSSR count). The SMILES string of the molecule is CN1CCN(c2ccc(Nc3cc4c(C5CCCC5)c(C(=O)N(C)C)sc4cn3)nc2)CC1. The number of likely N-dealkylation sites (N-methyl/N-ethyl adjacent to an activating group) is 1. The van der Waals surface area contributed by atoms with Crippen LogP contribution >= 0.6 is 11.3 Å². The highest BCUT2D eigenvalue weighted by Crippen LogP contribution is 2.44. The average Bonchev–Trinajstić information content (AvgIpc) is 3.47. The van der Waals surface area contributed by atoms with Gasteiger partial charge in [0.2, 0.25) is 0 Å². The van der Waals surface area contributed by atoms with E-state index in [4.69, 9.17) is 0 Å². The number of hydrogen-bond acceptors (Lipinski definition) is 7. The summed E-state index contributed by atoms with van der Waals surface area (Å²) < 4.78 is 1.08. The van der Waals surface area contributed by atoms with Gasteiger partial charge in [-0.2, -0.15) is 0 Å². The van der Waals surface area contributed by atoms with E-state index in [9.17, 15) is 4.79 Å². The quantitative estimate of drug-likeness (QED) is 0.598.